The van der Waals surface area contributed by atoms with E-state index in [0.29, 0.717) is 28.8 Å². The maximum absolute atomic E-state index is 5.98. The number of anilines is 1. The van der Waals surface area contributed by atoms with Gasteiger partial charge in [0.25, 0.3) is 0 Å². The molecule has 0 saturated carbocycles. The largest absolute Gasteiger partial charge is 0.464 e. The third-order valence-electron chi connectivity index (χ3n) is 3.85. The summed E-state index contributed by atoms with van der Waals surface area (Å²) in [5, 5.41) is 4.14. The van der Waals surface area contributed by atoms with E-state index in [9.17, 15) is 0 Å². The van der Waals surface area contributed by atoms with Crippen LogP contribution < -0.4 is 5.32 Å². The van der Waals surface area contributed by atoms with E-state index in [1.807, 2.05) is 38.4 Å². The standard InChI is InChI=1S/C18H18N4O3/c1-22(2)8-7-19-17-15-14(12-5-3-9-23-12)16(13-6-4-10-24-13)25-18(15)21-11-20-17/h3-6,9-11H,7-8H2,1-2H3,(H,19,20,21). The zero-order valence-electron chi connectivity index (χ0n) is 14.0. The van der Waals surface area contributed by atoms with Crippen LogP contribution in [0.3, 0.4) is 0 Å². The van der Waals surface area contributed by atoms with Crippen LogP contribution in [0.15, 0.2) is 56.4 Å². The highest BCUT2D eigenvalue weighted by molar-refractivity contribution is 6.04. The van der Waals surface area contributed by atoms with Crippen molar-refractivity contribution in [2.75, 3.05) is 32.5 Å². The van der Waals surface area contributed by atoms with Crippen LogP contribution in [0, 0.1) is 0 Å². The van der Waals surface area contributed by atoms with E-state index in [-0.39, 0.29) is 0 Å². The van der Waals surface area contributed by atoms with E-state index < -0.39 is 0 Å². The summed E-state index contributed by atoms with van der Waals surface area (Å²) >= 11 is 0. The Morgan fingerprint density at radius 1 is 1.04 bits per heavy atom. The van der Waals surface area contributed by atoms with E-state index in [4.69, 9.17) is 13.3 Å². The summed E-state index contributed by atoms with van der Waals surface area (Å²) in [6.07, 6.45) is 4.72. The molecule has 0 aliphatic heterocycles. The van der Waals surface area contributed by atoms with Gasteiger partial charge in [-0.25, -0.2) is 9.97 Å². The van der Waals surface area contributed by atoms with E-state index in [1.54, 1.807) is 12.5 Å². The second-order valence-corrected chi connectivity index (χ2v) is 5.89. The minimum atomic E-state index is 0.486. The second kappa shape index (κ2) is 6.45. The molecule has 4 aromatic rings. The van der Waals surface area contributed by atoms with Gasteiger partial charge in [0, 0.05) is 13.1 Å². The highest BCUT2D eigenvalue weighted by atomic mass is 16.4. The molecular formula is C18H18N4O3. The molecule has 4 rings (SSSR count). The average molecular weight is 338 g/mol. The molecule has 4 aromatic heterocycles. The second-order valence-electron chi connectivity index (χ2n) is 5.89. The normalized spacial score (nSPS) is 11.5. The third kappa shape index (κ3) is 2.89. The quantitative estimate of drug-likeness (QED) is 0.574. The first-order valence-electron chi connectivity index (χ1n) is 7.98. The Morgan fingerprint density at radius 2 is 1.80 bits per heavy atom. The molecule has 1 N–H and O–H groups in total. The van der Waals surface area contributed by atoms with E-state index in [0.717, 1.165) is 24.0 Å². The Balaban J connectivity index is 1.88. The maximum atomic E-state index is 5.98. The number of furan rings is 3. The Bertz CT molecular complexity index is 956. The molecule has 7 nitrogen and oxygen atoms in total. The molecule has 0 aromatic carbocycles. The average Bonchev–Trinajstić information content (AvgIpc) is 3.33. The third-order valence-corrected chi connectivity index (χ3v) is 3.85. The maximum Gasteiger partial charge on any atom is 0.232 e. The highest BCUT2D eigenvalue weighted by Gasteiger charge is 2.25. The summed E-state index contributed by atoms with van der Waals surface area (Å²) < 4.78 is 17.1. The molecule has 0 atom stereocenters. The van der Waals surface area contributed by atoms with Gasteiger partial charge >= 0.3 is 0 Å². The van der Waals surface area contributed by atoms with Gasteiger partial charge in [-0.1, -0.05) is 0 Å². The zero-order chi connectivity index (χ0) is 17.2. The van der Waals surface area contributed by atoms with Crippen LogP contribution in [-0.2, 0) is 0 Å². The topological polar surface area (TPSA) is 80.5 Å². The fourth-order valence-electron chi connectivity index (χ4n) is 2.70. The smallest absolute Gasteiger partial charge is 0.232 e. The SMILES string of the molecule is CN(C)CCNc1ncnc2oc(-c3ccco3)c(-c3ccco3)c12. The number of fused-ring (bicyclic) bond motifs is 1. The van der Waals surface area contributed by atoms with Gasteiger partial charge in [-0.2, -0.15) is 0 Å². The van der Waals surface area contributed by atoms with Crippen molar-refractivity contribution in [2.24, 2.45) is 0 Å². The van der Waals surface area contributed by atoms with Gasteiger partial charge in [-0.15, -0.1) is 0 Å². The molecule has 0 unspecified atom stereocenters. The van der Waals surface area contributed by atoms with Crippen molar-refractivity contribution >= 4 is 16.9 Å². The first-order valence-corrected chi connectivity index (χ1v) is 7.98. The van der Waals surface area contributed by atoms with Crippen LogP contribution in [0.4, 0.5) is 5.82 Å². The molecule has 25 heavy (non-hydrogen) atoms. The molecule has 0 aliphatic carbocycles. The van der Waals surface area contributed by atoms with E-state index in [1.165, 1.54) is 6.33 Å². The Morgan fingerprint density at radius 3 is 2.48 bits per heavy atom. The lowest BCUT2D eigenvalue weighted by molar-refractivity contribution is 0.425. The molecule has 7 heteroatoms. The van der Waals surface area contributed by atoms with Crippen molar-refractivity contribution in [1.82, 2.24) is 14.9 Å². The highest BCUT2D eigenvalue weighted by Crippen LogP contribution is 2.42. The van der Waals surface area contributed by atoms with Gasteiger partial charge < -0.3 is 23.5 Å². The molecule has 128 valence electrons. The van der Waals surface area contributed by atoms with Crippen LogP contribution in [-0.4, -0.2) is 42.1 Å². The lowest BCUT2D eigenvalue weighted by Gasteiger charge is -2.11. The summed E-state index contributed by atoms with van der Waals surface area (Å²) in [7, 11) is 4.05. The van der Waals surface area contributed by atoms with Crippen LogP contribution >= 0.6 is 0 Å². The monoisotopic (exact) mass is 338 g/mol. The van der Waals surface area contributed by atoms with Gasteiger partial charge in [-0.3, -0.25) is 0 Å². The minimum Gasteiger partial charge on any atom is -0.464 e. The summed E-state index contributed by atoms with van der Waals surface area (Å²) in [5.74, 6) is 2.57. The van der Waals surface area contributed by atoms with E-state index >= 15 is 0 Å². The van der Waals surface area contributed by atoms with Gasteiger partial charge in [0.2, 0.25) is 5.71 Å². The lowest BCUT2D eigenvalue weighted by Crippen LogP contribution is -2.21. The van der Waals surface area contributed by atoms with Crippen molar-refractivity contribution in [3.63, 3.8) is 0 Å². The van der Waals surface area contributed by atoms with Gasteiger partial charge in [0.1, 0.15) is 17.9 Å². The van der Waals surface area contributed by atoms with Crippen molar-refractivity contribution in [3.05, 3.63) is 43.1 Å². The van der Waals surface area contributed by atoms with Crippen LogP contribution in [0.2, 0.25) is 0 Å². The lowest BCUT2D eigenvalue weighted by atomic mass is 10.1. The van der Waals surface area contributed by atoms with E-state index in [2.05, 4.69) is 20.2 Å². The molecule has 0 radical (unpaired) electrons. The Hall–Kier alpha value is -3.06. The predicted molar refractivity (Wildman–Crippen MR) is 94.3 cm³/mol. The summed E-state index contributed by atoms with van der Waals surface area (Å²) in [6, 6.07) is 7.38. The fraction of sp³-hybridized carbons (Fsp3) is 0.222. The van der Waals surface area contributed by atoms with Crippen LogP contribution in [0.5, 0.6) is 0 Å². The van der Waals surface area contributed by atoms with Crippen molar-refractivity contribution in [3.8, 4) is 22.8 Å². The molecule has 0 amide bonds. The molecular weight excluding hydrogens is 320 g/mol. The summed E-state index contributed by atoms with van der Waals surface area (Å²) in [5.41, 5.74) is 1.27. The number of hydrogen-bond donors (Lipinski definition) is 1. The molecule has 0 fully saturated rings. The number of hydrogen-bond acceptors (Lipinski definition) is 7. The Labute approximate surface area is 144 Å². The Kier molecular flexibility index (Phi) is 3.99. The summed E-state index contributed by atoms with van der Waals surface area (Å²) in [4.78, 5) is 10.8. The molecule has 0 spiro atoms. The number of aromatic nitrogens is 2. The molecule has 0 bridgehead atoms. The van der Waals surface area contributed by atoms with Gasteiger partial charge in [-0.05, 0) is 38.4 Å². The number of nitrogens with zero attached hydrogens (tertiary/aromatic N) is 3. The van der Waals surface area contributed by atoms with Crippen molar-refractivity contribution in [2.45, 2.75) is 0 Å². The van der Waals surface area contributed by atoms with Crippen LogP contribution in [0.1, 0.15) is 0 Å². The van der Waals surface area contributed by atoms with Gasteiger partial charge in [0.05, 0.1) is 23.5 Å². The van der Waals surface area contributed by atoms with Crippen LogP contribution in [0.25, 0.3) is 33.9 Å². The number of nitrogens with one attached hydrogen (secondary N) is 1. The number of rotatable bonds is 6. The first-order chi connectivity index (χ1) is 12.2. The summed E-state index contributed by atoms with van der Waals surface area (Å²) in [6.45, 7) is 1.63. The first kappa shape index (κ1) is 15.5. The fourth-order valence-corrected chi connectivity index (χ4v) is 2.70. The van der Waals surface area contributed by atoms with Gasteiger partial charge in [0.15, 0.2) is 11.5 Å². The number of likely N-dealkylation sites (N-methyl/N-ethyl adjacent to an activating group) is 1. The molecule has 0 saturated heterocycles. The molecule has 0 aliphatic rings. The van der Waals surface area contributed by atoms with Crippen molar-refractivity contribution in [1.29, 1.82) is 0 Å². The van der Waals surface area contributed by atoms with Crippen molar-refractivity contribution < 1.29 is 13.3 Å². The molecule has 4 heterocycles. The zero-order valence-corrected chi connectivity index (χ0v) is 14.0. The minimum absolute atomic E-state index is 0.486. The predicted octanol–water partition coefficient (Wildman–Crippen LogP) is 3.72.